The molecule has 1 aromatic carbocycles. The number of carbonyl (C=O) groups excluding carboxylic acids is 1. The molecule has 1 amide bonds. The average molecular weight is 267 g/mol. The molecule has 5 heteroatoms. The fraction of sp³-hybridized carbons (Fsp3) is 0.500. The van der Waals surface area contributed by atoms with Crippen LogP contribution in [0.5, 0.6) is 5.75 Å². The fourth-order valence-electron chi connectivity index (χ4n) is 2.30. The predicted molar refractivity (Wildman–Crippen MR) is 68.5 cm³/mol. The van der Waals surface area contributed by atoms with E-state index in [0.29, 0.717) is 24.0 Å². The highest BCUT2D eigenvalue weighted by atomic mass is 19.1. The lowest BCUT2D eigenvalue weighted by atomic mass is 10.1. The topological polar surface area (TPSA) is 58.6 Å². The van der Waals surface area contributed by atoms with Crippen LogP contribution in [0.15, 0.2) is 12.1 Å². The number of benzene rings is 1. The summed E-state index contributed by atoms with van der Waals surface area (Å²) in [6.07, 6.45) is 0.494. The first kappa shape index (κ1) is 13.6. The Bertz CT molecular complexity index is 508. The molecule has 0 saturated carbocycles. The first-order valence-corrected chi connectivity index (χ1v) is 6.27. The van der Waals surface area contributed by atoms with Crippen LogP contribution in [0.2, 0.25) is 0 Å². The maximum atomic E-state index is 13.6. The van der Waals surface area contributed by atoms with Crippen molar-refractivity contribution in [2.75, 3.05) is 0 Å². The average Bonchev–Trinajstić information content (AvgIpc) is 2.66. The van der Waals surface area contributed by atoms with Crippen LogP contribution < -0.4 is 5.32 Å². The molecule has 0 heterocycles. The van der Waals surface area contributed by atoms with E-state index in [1.807, 2.05) is 0 Å². The van der Waals surface area contributed by atoms with Crippen LogP contribution in [-0.4, -0.2) is 16.8 Å². The molecular weight excluding hydrogens is 249 g/mol. The van der Waals surface area contributed by atoms with E-state index in [2.05, 4.69) is 5.32 Å². The molecule has 0 aliphatic heterocycles. The molecule has 1 atom stereocenters. The second-order valence-electron chi connectivity index (χ2n) is 5.70. The van der Waals surface area contributed by atoms with E-state index in [1.54, 1.807) is 20.8 Å². The minimum atomic E-state index is -0.588. The summed E-state index contributed by atoms with van der Waals surface area (Å²) in [5.74, 6) is -0.337. The van der Waals surface area contributed by atoms with Gasteiger partial charge in [-0.1, -0.05) is 0 Å². The lowest BCUT2D eigenvalue weighted by molar-refractivity contribution is 0.0503. The molecule has 0 saturated heterocycles. The number of amides is 1. The number of phenolic OH excluding ortho intramolecular Hbond substituents is 1. The maximum absolute atomic E-state index is 13.6. The third kappa shape index (κ3) is 2.97. The predicted octanol–water partition coefficient (Wildman–Crippen LogP) is 3.04. The van der Waals surface area contributed by atoms with E-state index in [1.165, 1.54) is 12.1 Å². The third-order valence-electron chi connectivity index (χ3n) is 3.00. The molecule has 104 valence electrons. The van der Waals surface area contributed by atoms with Gasteiger partial charge in [0.05, 0.1) is 6.04 Å². The van der Waals surface area contributed by atoms with Crippen molar-refractivity contribution in [3.63, 3.8) is 0 Å². The van der Waals surface area contributed by atoms with Crippen LogP contribution in [0.25, 0.3) is 0 Å². The Kier molecular flexibility index (Phi) is 3.39. The molecule has 2 rings (SSSR count). The Balaban J connectivity index is 2.15. The molecule has 0 fully saturated rings. The molecule has 19 heavy (non-hydrogen) atoms. The number of rotatable bonds is 1. The van der Waals surface area contributed by atoms with Crippen molar-refractivity contribution in [3.8, 4) is 5.75 Å². The summed E-state index contributed by atoms with van der Waals surface area (Å²) >= 11 is 0. The maximum Gasteiger partial charge on any atom is 0.408 e. The Hall–Kier alpha value is -1.78. The molecule has 1 aromatic rings. The van der Waals surface area contributed by atoms with Crippen LogP contribution in [0.4, 0.5) is 9.18 Å². The number of alkyl carbamates (subject to hydrolysis) is 1. The molecule has 1 aliphatic rings. The van der Waals surface area contributed by atoms with Crippen molar-refractivity contribution in [2.24, 2.45) is 0 Å². The van der Waals surface area contributed by atoms with E-state index in [4.69, 9.17) is 4.74 Å². The molecule has 0 radical (unpaired) electrons. The minimum absolute atomic E-state index is 0.00922. The van der Waals surface area contributed by atoms with Gasteiger partial charge in [-0.3, -0.25) is 0 Å². The monoisotopic (exact) mass is 267 g/mol. The van der Waals surface area contributed by atoms with Crippen LogP contribution >= 0.6 is 0 Å². The van der Waals surface area contributed by atoms with Gasteiger partial charge in [0.15, 0.2) is 0 Å². The zero-order valence-electron chi connectivity index (χ0n) is 11.3. The zero-order chi connectivity index (χ0) is 14.2. The van der Waals surface area contributed by atoms with E-state index < -0.39 is 17.7 Å². The number of aromatic hydroxyl groups is 1. The highest BCUT2D eigenvalue weighted by Crippen LogP contribution is 2.38. The van der Waals surface area contributed by atoms with Gasteiger partial charge in [0.1, 0.15) is 17.2 Å². The van der Waals surface area contributed by atoms with Crippen LogP contribution in [-0.2, 0) is 11.2 Å². The Morgan fingerprint density at radius 2 is 2.16 bits per heavy atom. The van der Waals surface area contributed by atoms with Gasteiger partial charge in [0, 0.05) is 5.56 Å². The first-order valence-electron chi connectivity index (χ1n) is 6.27. The summed E-state index contributed by atoms with van der Waals surface area (Å²) < 4.78 is 18.8. The highest BCUT2D eigenvalue weighted by Gasteiger charge is 2.30. The third-order valence-corrected chi connectivity index (χ3v) is 3.00. The Labute approximate surface area is 111 Å². The normalized spacial score (nSPS) is 18.0. The molecule has 0 aromatic heterocycles. The van der Waals surface area contributed by atoms with Crippen molar-refractivity contribution in [3.05, 3.63) is 29.1 Å². The van der Waals surface area contributed by atoms with Crippen molar-refractivity contribution >= 4 is 6.09 Å². The molecular formula is C14H18FNO3. The second-order valence-corrected chi connectivity index (χ2v) is 5.70. The summed E-state index contributed by atoms with van der Waals surface area (Å²) in [6.45, 7) is 5.31. The summed E-state index contributed by atoms with van der Waals surface area (Å²) in [5.41, 5.74) is 0.349. The summed E-state index contributed by atoms with van der Waals surface area (Å²) in [4.78, 5) is 11.7. The van der Waals surface area contributed by atoms with E-state index in [-0.39, 0.29) is 11.6 Å². The van der Waals surface area contributed by atoms with Gasteiger partial charge in [0.2, 0.25) is 0 Å². The van der Waals surface area contributed by atoms with Crippen molar-refractivity contribution in [1.82, 2.24) is 5.32 Å². The number of hydrogen-bond acceptors (Lipinski definition) is 3. The van der Waals surface area contributed by atoms with Gasteiger partial charge in [-0.05, 0) is 51.3 Å². The fourth-order valence-corrected chi connectivity index (χ4v) is 2.30. The van der Waals surface area contributed by atoms with E-state index in [9.17, 15) is 14.3 Å². The van der Waals surface area contributed by atoms with Crippen LogP contribution in [0.1, 0.15) is 44.4 Å². The summed E-state index contributed by atoms with van der Waals surface area (Å²) in [5, 5.41) is 12.5. The lowest BCUT2D eigenvalue weighted by Gasteiger charge is -2.22. The van der Waals surface area contributed by atoms with Crippen LogP contribution in [0, 0.1) is 5.82 Å². The van der Waals surface area contributed by atoms with Crippen molar-refractivity contribution in [2.45, 2.75) is 45.3 Å². The van der Waals surface area contributed by atoms with Gasteiger partial charge >= 0.3 is 6.09 Å². The van der Waals surface area contributed by atoms with E-state index >= 15 is 0 Å². The summed E-state index contributed by atoms with van der Waals surface area (Å²) in [6, 6.07) is 2.15. The lowest BCUT2D eigenvalue weighted by Crippen LogP contribution is -2.34. The van der Waals surface area contributed by atoms with Gasteiger partial charge in [-0.25, -0.2) is 9.18 Å². The zero-order valence-corrected chi connectivity index (χ0v) is 11.3. The number of halogens is 1. The summed E-state index contributed by atoms with van der Waals surface area (Å²) in [7, 11) is 0. The number of hydrogen-bond donors (Lipinski definition) is 2. The first-order chi connectivity index (χ1) is 8.78. The SMILES string of the molecule is CC(C)(C)OC(=O)NC1CCc2c(F)ccc(O)c21. The highest BCUT2D eigenvalue weighted by molar-refractivity contribution is 5.69. The van der Waals surface area contributed by atoms with Gasteiger partial charge in [-0.2, -0.15) is 0 Å². The molecule has 1 unspecified atom stereocenters. The largest absolute Gasteiger partial charge is 0.508 e. The van der Waals surface area contributed by atoms with Gasteiger partial charge in [-0.15, -0.1) is 0 Å². The van der Waals surface area contributed by atoms with Gasteiger partial charge < -0.3 is 15.2 Å². The number of fused-ring (bicyclic) bond motifs is 1. The minimum Gasteiger partial charge on any atom is -0.508 e. The number of nitrogens with one attached hydrogen (secondary N) is 1. The van der Waals surface area contributed by atoms with Gasteiger partial charge in [0.25, 0.3) is 0 Å². The molecule has 0 spiro atoms. The van der Waals surface area contributed by atoms with Crippen LogP contribution in [0.3, 0.4) is 0 Å². The molecule has 0 bridgehead atoms. The molecule has 2 N–H and O–H groups in total. The second kappa shape index (κ2) is 4.72. The van der Waals surface area contributed by atoms with E-state index in [0.717, 1.165) is 0 Å². The Morgan fingerprint density at radius 1 is 1.47 bits per heavy atom. The number of phenols is 1. The van der Waals surface area contributed by atoms with Crippen molar-refractivity contribution in [1.29, 1.82) is 0 Å². The Morgan fingerprint density at radius 3 is 2.79 bits per heavy atom. The number of ether oxygens (including phenoxy) is 1. The number of carbonyl (C=O) groups is 1. The molecule has 4 nitrogen and oxygen atoms in total. The standard InChI is InChI=1S/C14H18FNO3/c1-14(2,3)19-13(18)16-10-6-4-8-9(15)5-7-11(17)12(8)10/h5,7,10,17H,4,6H2,1-3H3,(H,16,18). The smallest absolute Gasteiger partial charge is 0.408 e. The quantitative estimate of drug-likeness (QED) is 0.822. The molecule has 1 aliphatic carbocycles. The van der Waals surface area contributed by atoms with Crippen molar-refractivity contribution < 1.29 is 19.0 Å².